The van der Waals surface area contributed by atoms with Gasteiger partial charge in [0.2, 0.25) is 0 Å². The first kappa shape index (κ1) is 17.4. The zero-order chi connectivity index (χ0) is 14.3. The van der Waals surface area contributed by atoms with Gasteiger partial charge in [-0.3, -0.25) is 10.1 Å². The summed E-state index contributed by atoms with van der Waals surface area (Å²) in [5, 5.41) is 12.5. The fourth-order valence-corrected chi connectivity index (χ4v) is 2.14. The standard InChI is InChI=1S/C14H30N2O2/c1-7-8-12(4)16(6)10-9-14(5,13(17)18)15-11(2)3/h11-12,15H,7-10H2,1-6H3,(H,17,18). The summed E-state index contributed by atoms with van der Waals surface area (Å²) in [6, 6.07) is 0.677. The first-order valence-electron chi connectivity index (χ1n) is 6.94. The second kappa shape index (κ2) is 7.74. The van der Waals surface area contributed by atoms with Crippen molar-refractivity contribution in [1.82, 2.24) is 10.2 Å². The van der Waals surface area contributed by atoms with Gasteiger partial charge in [-0.15, -0.1) is 0 Å². The van der Waals surface area contributed by atoms with Crippen molar-refractivity contribution in [3.63, 3.8) is 0 Å². The third kappa shape index (κ3) is 5.83. The first-order valence-corrected chi connectivity index (χ1v) is 6.94. The van der Waals surface area contributed by atoms with Crippen molar-refractivity contribution in [2.45, 2.75) is 71.5 Å². The lowest BCUT2D eigenvalue weighted by atomic mass is 9.96. The third-order valence-electron chi connectivity index (χ3n) is 3.50. The Hall–Kier alpha value is -0.610. The van der Waals surface area contributed by atoms with E-state index < -0.39 is 11.5 Å². The minimum atomic E-state index is -0.839. The molecule has 0 radical (unpaired) electrons. The average Bonchev–Trinajstić information content (AvgIpc) is 2.25. The maximum Gasteiger partial charge on any atom is 0.323 e. The average molecular weight is 258 g/mol. The lowest BCUT2D eigenvalue weighted by molar-refractivity contribution is -0.145. The minimum absolute atomic E-state index is 0.171. The van der Waals surface area contributed by atoms with Gasteiger partial charge in [0.15, 0.2) is 0 Å². The Bertz CT molecular complexity index is 256. The summed E-state index contributed by atoms with van der Waals surface area (Å²) >= 11 is 0. The van der Waals surface area contributed by atoms with Crippen molar-refractivity contribution in [2.75, 3.05) is 13.6 Å². The molecular weight excluding hydrogens is 228 g/mol. The number of nitrogens with zero attached hydrogens (tertiary/aromatic N) is 1. The Morgan fingerprint density at radius 2 is 1.94 bits per heavy atom. The molecule has 4 nitrogen and oxygen atoms in total. The van der Waals surface area contributed by atoms with E-state index in [0.717, 1.165) is 19.4 Å². The first-order chi connectivity index (χ1) is 8.23. The molecule has 0 aliphatic heterocycles. The summed E-state index contributed by atoms with van der Waals surface area (Å²) in [6.45, 7) is 10.9. The number of rotatable bonds is 9. The highest BCUT2D eigenvalue weighted by Crippen LogP contribution is 2.14. The molecule has 0 aromatic carbocycles. The van der Waals surface area contributed by atoms with E-state index in [-0.39, 0.29) is 6.04 Å². The maximum absolute atomic E-state index is 11.4. The zero-order valence-corrected chi connectivity index (χ0v) is 12.8. The second-order valence-electron chi connectivity index (χ2n) is 5.80. The minimum Gasteiger partial charge on any atom is -0.480 e. The van der Waals surface area contributed by atoms with Crippen molar-refractivity contribution in [3.05, 3.63) is 0 Å². The van der Waals surface area contributed by atoms with Crippen LogP contribution in [0.5, 0.6) is 0 Å². The molecule has 0 aliphatic carbocycles. The molecule has 0 amide bonds. The fourth-order valence-electron chi connectivity index (χ4n) is 2.14. The largest absolute Gasteiger partial charge is 0.480 e. The Morgan fingerprint density at radius 1 is 1.39 bits per heavy atom. The molecule has 0 aromatic heterocycles. The summed E-state index contributed by atoms with van der Waals surface area (Å²) in [5.74, 6) is -0.771. The van der Waals surface area contributed by atoms with Crippen molar-refractivity contribution >= 4 is 5.97 Å². The van der Waals surface area contributed by atoms with Crippen molar-refractivity contribution in [2.24, 2.45) is 0 Å². The topological polar surface area (TPSA) is 52.6 Å². The number of carbonyl (C=O) groups is 1. The van der Waals surface area contributed by atoms with Gasteiger partial charge < -0.3 is 10.0 Å². The SMILES string of the molecule is CCCC(C)N(C)CCC(C)(NC(C)C)C(=O)O. The molecule has 0 spiro atoms. The number of hydrogen-bond donors (Lipinski definition) is 2. The van der Waals surface area contributed by atoms with Gasteiger partial charge in [-0.25, -0.2) is 0 Å². The molecule has 2 unspecified atom stereocenters. The van der Waals surface area contributed by atoms with Gasteiger partial charge in [-0.1, -0.05) is 13.3 Å². The van der Waals surface area contributed by atoms with Crippen LogP contribution in [0, 0.1) is 0 Å². The van der Waals surface area contributed by atoms with E-state index in [1.165, 1.54) is 0 Å². The van der Waals surface area contributed by atoms with Gasteiger partial charge in [0, 0.05) is 18.6 Å². The normalized spacial score (nSPS) is 16.9. The summed E-state index contributed by atoms with van der Waals surface area (Å²) in [4.78, 5) is 13.6. The lowest BCUT2D eigenvalue weighted by Gasteiger charge is -2.32. The van der Waals surface area contributed by atoms with E-state index >= 15 is 0 Å². The molecule has 0 aromatic rings. The monoisotopic (exact) mass is 258 g/mol. The van der Waals surface area contributed by atoms with Gasteiger partial charge in [-0.2, -0.15) is 0 Å². The number of nitrogens with one attached hydrogen (secondary N) is 1. The van der Waals surface area contributed by atoms with Crippen LogP contribution in [0.1, 0.15) is 53.9 Å². The number of carboxylic acids is 1. The highest BCUT2D eigenvalue weighted by molar-refractivity contribution is 5.78. The molecule has 0 heterocycles. The van der Waals surface area contributed by atoms with E-state index in [0.29, 0.717) is 12.5 Å². The molecule has 4 heteroatoms. The van der Waals surface area contributed by atoms with Crippen molar-refractivity contribution in [1.29, 1.82) is 0 Å². The van der Waals surface area contributed by atoms with Gasteiger partial charge in [-0.05, 0) is 47.6 Å². The number of aliphatic carboxylic acids is 1. The van der Waals surface area contributed by atoms with E-state index in [4.69, 9.17) is 0 Å². The van der Waals surface area contributed by atoms with Crippen molar-refractivity contribution in [3.8, 4) is 0 Å². The van der Waals surface area contributed by atoms with Gasteiger partial charge in [0.1, 0.15) is 5.54 Å². The summed E-state index contributed by atoms with van der Waals surface area (Å²) in [7, 11) is 2.07. The van der Waals surface area contributed by atoms with Gasteiger partial charge >= 0.3 is 5.97 Å². The Labute approximate surface area is 112 Å². The Morgan fingerprint density at radius 3 is 2.33 bits per heavy atom. The molecule has 0 saturated carbocycles. The van der Waals surface area contributed by atoms with Crippen LogP contribution in [0.25, 0.3) is 0 Å². The predicted octanol–water partition coefficient (Wildman–Crippen LogP) is 2.34. The molecule has 0 saturated heterocycles. The van der Waals surface area contributed by atoms with Crippen LogP contribution in [0.2, 0.25) is 0 Å². The molecule has 0 rings (SSSR count). The molecule has 18 heavy (non-hydrogen) atoms. The Kier molecular flexibility index (Phi) is 7.48. The fraction of sp³-hybridized carbons (Fsp3) is 0.929. The summed E-state index contributed by atoms with van der Waals surface area (Å²) in [5.41, 5.74) is -0.839. The maximum atomic E-state index is 11.4. The summed E-state index contributed by atoms with van der Waals surface area (Å²) in [6.07, 6.45) is 2.93. The van der Waals surface area contributed by atoms with E-state index in [1.807, 2.05) is 13.8 Å². The predicted molar refractivity (Wildman–Crippen MR) is 75.9 cm³/mol. The van der Waals surface area contributed by atoms with Crippen LogP contribution in [0.4, 0.5) is 0 Å². The number of carboxylic acid groups (broad SMARTS) is 1. The quantitative estimate of drug-likeness (QED) is 0.666. The molecular formula is C14H30N2O2. The molecule has 0 bridgehead atoms. The van der Waals surface area contributed by atoms with Crippen LogP contribution < -0.4 is 5.32 Å². The second-order valence-corrected chi connectivity index (χ2v) is 5.80. The molecule has 2 N–H and O–H groups in total. The summed E-state index contributed by atoms with van der Waals surface area (Å²) < 4.78 is 0. The van der Waals surface area contributed by atoms with Gasteiger partial charge in [0.25, 0.3) is 0 Å². The van der Waals surface area contributed by atoms with E-state index in [1.54, 1.807) is 6.92 Å². The lowest BCUT2D eigenvalue weighted by Crippen LogP contribution is -2.54. The van der Waals surface area contributed by atoms with Crippen LogP contribution in [-0.4, -0.2) is 47.2 Å². The number of hydrogen-bond acceptors (Lipinski definition) is 3. The molecule has 108 valence electrons. The molecule has 2 atom stereocenters. The van der Waals surface area contributed by atoms with E-state index in [2.05, 4.69) is 31.1 Å². The molecule has 0 aliphatic rings. The van der Waals surface area contributed by atoms with Crippen LogP contribution in [-0.2, 0) is 4.79 Å². The molecule has 0 fully saturated rings. The van der Waals surface area contributed by atoms with Crippen LogP contribution in [0.3, 0.4) is 0 Å². The smallest absolute Gasteiger partial charge is 0.323 e. The zero-order valence-electron chi connectivity index (χ0n) is 12.8. The highest BCUT2D eigenvalue weighted by atomic mass is 16.4. The van der Waals surface area contributed by atoms with Gasteiger partial charge in [0.05, 0.1) is 0 Å². The van der Waals surface area contributed by atoms with Crippen LogP contribution in [0.15, 0.2) is 0 Å². The highest BCUT2D eigenvalue weighted by Gasteiger charge is 2.33. The van der Waals surface area contributed by atoms with Crippen molar-refractivity contribution < 1.29 is 9.90 Å². The Balaban J connectivity index is 4.39. The van der Waals surface area contributed by atoms with Crippen LogP contribution >= 0.6 is 0 Å². The third-order valence-corrected chi connectivity index (χ3v) is 3.50. The van der Waals surface area contributed by atoms with E-state index in [9.17, 15) is 9.90 Å².